The van der Waals surface area contributed by atoms with Crippen LogP contribution in [0.4, 0.5) is 0 Å². The molecule has 1 aromatic heterocycles. The molecule has 0 bridgehead atoms. The van der Waals surface area contributed by atoms with Crippen molar-refractivity contribution in [2.24, 2.45) is 0 Å². The van der Waals surface area contributed by atoms with E-state index in [4.69, 9.17) is 12.2 Å². The van der Waals surface area contributed by atoms with Crippen LogP contribution < -0.4 is 5.56 Å². The Labute approximate surface area is 119 Å². The highest BCUT2D eigenvalue weighted by Crippen LogP contribution is 2.22. The van der Waals surface area contributed by atoms with Crippen LogP contribution in [0.1, 0.15) is 25.3 Å². The van der Waals surface area contributed by atoms with Gasteiger partial charge in [-0.3, -0.25) is 19.0 Å². The molecule has 0 aliphatic heterocycles. The lowest BCUT2D eigenvalue weighted by Crippen LogP contribution is -2.35. The number of H-pyrrole nitrogens is 1. The lowest BCUT2D eigenvalue weighted by atomic mass is 9.93. The van der Waals surface area contributed by atoms with Gasteiger partial charge in [0.1, 0.15) is 5.78 Å². The molecule has 1 N–H and O–H groups in total. The average Bonchev–Trinajstić information content (AvgIpc) is 2.41. The maximum Gasteiger partial charge on any atom is 0.262 e. The Morgan fingerprint density at radius 2 is 1.95 bits per heavy atom. The highest BCUT2D eigenvalue weighted by molar-refractivity contribution is 7.71. The summed E-state index contributed by atoms with van der Waals surface area (Å²) in [4.78, 5) is 38.8. The molecular formula is C14H12N2O3S. The number of carbonyl (C=O) groups is 2. The van der Waals surface area contributed by atoms with E-state index in [-0.39, 0.29) is 28.3 Å². The molecule has 1 unspecified atom stereocenters. The first-order chi connectivity index (χ1) is 9.58. The molecule has 2 aromatic rings. The van der Waals surface area contributed by atoms with Crippen molar-refractivity contribution in [3.05, 3.63) is 39.4 Å². The molecule has 0 spiro atoms. The largest absolute Gasteiger partial charge is 0.332 e. The lowest BCUT2D eigenvalue weighted by molar-refractivity contribution is -0.132. The smallest absolute Gasteiger partial charge is 0.262 e. The number of nitrogens with zero attached hydrogens (tertiary/aromatic N) is 1. The molecule has 5 nitrogen and oxygen atoms in total. The van der Waals surface area contributed by atoms with Crippen molar-refractivity contribution < 1.29 is 9.59 Å². The molecular weight excluding hydrogens is 276 g/mol. The van der Waals surface area contributed by atoms with Crippen molar-refractivity contribution in [3.63, 3.8) is 0 Å². The van der Waals surface area contributed by atoms with E-state index in [0.717, 1.165) is 0 Å². The van der Waals surface area contributed by atoms with Crippen LogP contribution in [0.5, 0.6) is 0 Å². The van der Waals surface area contributed by atoms with E-state index in [2.05, 4.69) is 4.98 Å². The van der Waals surface area contributed by atoms with E-state index in [1.54, 1.807) is 18.2 Å². The van der Waals surface area contributed by atoms with Gasteiger partial charge in [0.25, 0.3) is 5.56 Å². The van der Waals surface area contributed by atoms with Gasteiger partial charge in [-0.25, -0.2) is 0 Å². The Kier molecular flexibility index (Phi) is 3.10. The van der Waals surface area contributed by atoms with Crippen LogP contribution in [-0.4, -0.2) is 21.1 Å². The molecule has 1 atom stereocenters. The van der Waals surface area contributed by atoms with Gasteiger partial charge in [0.15, 0.2) is 10.6 Å². The summed E-state index contributed by atoms with van der Waals surface area (Å²) in [5.74, 6) is -0.312. The average molecular weight is 288 g/mol. The third-order valence-electron chi connectivity index (χ3n) is 3.59. The third-order valence-corrected chi connectivity index (χ3v) is 3.89. The molecule has 1 aliphatic carbocycles. The van der Waals surface area contributed by atoms with Crippen LogP contribution in [0.2, 0.25) is 0 Å². The van der Waals surface area contributed by atoms with Crippen LogP contribution in [0.3, 0.4) is 0 Å². The van der Waals surface area contributed by atoms with Gasteiger partial charge in [0.05, 0.1) is 23.4 Å². The fourth-order valence-electron chi connectivity index (χ4n) is 2.59. The number of aromatic nitrogens is 2. The standard InChI is InChI=1S/C14H12N2O3S/c17-8-5-6-11(12(18)7-8)16-13(19)9-3-1-2-4-10(9)15-14(16)20/h1-4,11H,5-7H2,(H,15,20). The molecule has 1 saturated carbocycles. The molecule has 3 rings (SSSR count). The second-order valence-corrected chi connectivity index (χ2v) is 5.27. The van der Waals surface area contributed by atoms with E-state index in [9.17, 15) is 14.4 Å². The number of Topliss-reactive ketones (excluding diaryl/α,β-unsaturated/α-hetero) is 2. The first-order valence-electron chi connectivity index (χ1n) is 6.36. The van der Waals surface area contributed by atoms with Crippen LogP contribution in [-0.2, 0) is 9.59 Å². The summed E-state index contributed by atoms with van der Waals surface area (Å²) in [7, 11) is 0. The Morgan fingerprint density at radius 3 is 2.70 bits per heavy atom. The third kappa shape index (κ3) is 2.02. The van der Waals surface area contributed by atoms with Gasteiger partial charge in [-0.2, -0.15) is 0 Å². The van der Waals surface area contributed by atoms with Crippen molar-refractivity contribution in [2.45, 2.75) is 25.3 Å². The van der Waals surface area contributed by atoms with E-state index in [1.807, 2.05) is 6.07 Å². The number of nitrogens with one attached hydrogen (secondary N) is 1. The number of para-hydroxylation sites is 1. The van der Waals surface area contributed by atoms with Gasteiger partial charge in [0, 0.05) is 6.42 Å². The number of benzene rings is 1. The normalized spacial score (nSPS) is 19.5. The summed E-state index contributed by atoms with van der Waals surface area (Å²) >= 11 is 5.20. The zero-order chi connectivity index (χ0) is 14.3. The summed E-state index contributed by atoms with van der Waals surface area (Å²) < 4.78 is 1.54. The number of ketones is 2. The Hall–Kier alpha value is -2.08. The molecule has 1 aliphatic rings. The zero-order valence-corrected chi connectivity index (χ0v) is 11.4. The minimum absolute atomic E-state index is 0.0741. The van der Waals surface area contributed by atoms with Crippen LogP contribution in [0, 0.1) is 4.77 Å². The Balaban J connectivity index is 2.22. The summed E-state index contributed by atoms with van der Waals surface area (Å²) in [6.45, 7) is 0. The van der Waals surface area contributed by atoms with Crippen LogP contribution in [0.15, 0.2) is 29.1 Å². The first-order valence-corrected chi connectivity index (χ1v) is 6.77. The zero-order valence-electron chi connectivity index (χ0n) is 10.6. The molecule has 0 radical (unpaired) electrons. The topological polar surface area (TPSA) is 71.9 Å². The number of carbonyl (C=O) groups excluding carboxylic acids is 2. The second-order valence-electron chi connectivity index (χ2n) is 4.89. The minimum atomic E-state index is -0.631. The quantitative estimate of drug-likeness (QED) is 0.643. The minimum Gasteiger partial charge on any atom is -0.332 e. The Morgan fingerprint density at radius 1 is 1.20 bits per heavy atom. The van der Waals surface area contributed by atoms with Crippen molar-refractivity contribution in [2.75, 3.05) is 0 Å². The van der Waals surface area contributed by atoms with E-state index >= 15 is 0 Å². The molecule has 6 heteroatoms. The molecule has 20 heavy (non-hydrogen) atoms. The summed E-state index contributed by atoms with van der Waals surface area (Å²) in [6.07, 6.45) is 0.538. The first kappa shape index (κ1) is 12.9. The summed E-state index contributed by atoms with van der Waals surface area (Å²) in [5, 5.41) is 0.491. The van der Waals surface area contributed by atoms with Crippen molar-refractivity contribution >= 4 is 34.7 Å². The van der Waals surface area contributed by atoms with Crippen LogP contribution in [0.25, 0.3) is 10.9 Å². The number of rotatable bonds is 1. The maximum absolute atomic E-state index is 12.5. The van der Waals surface area contributed by atoms with Crippen molar-refractivity contribution in [1.29, 1.82) is 0 Å². The van der Waals surface area contributed by atoms with Gasteiger partial charge in [0.2, 0.25) is 0 Å². The molecule has 1 aromatic carbocycles. The number of hydrogen-bond donors (Lipinski definition) is 1. The molecule has 0 saturated heterocycles. The van der Waals surface area contributed by atoms with Gasteiger partial charge in [-0.05, 0) is 30.8 Å². The molecule has 0 amide bonds. The highest BCUT2D eigenvalue weighted by atomic mass is 32.1. The SMILES string of the molecule is O=C1CCC(n2c(=S)[nH]c3ccccc3c2=O)C(=O)C1. The highest BCUT2D eigenvalue weighted by Gasteiger charge is 2.30. The molecule has 102 valence electrons. The van der Waals surface area contributed by atoms with E-state index in [0.29, 0.717) is 23.7 Å². The second kappa shape index (κ2) is 4.79. The van der Waals surface area contributed by atoms with Gasteiger partial charge < -0.3 is 4.98 Å². The Bertz CT molecular complexity index is 834. The number of aromatic amines is 1. The van der Waals surface area contributed by atoms with Gasteiger partial charge >= 0.3 is 0 Å². The number of fused-ring (bicyclic) bond motifs is 1. The molecule has 1 heterocycles. The van der Waals surface area contributed by atoms with Crippen molar-refractivity contribution in [1.82, 2.24) is 9.55 Å². The lowest BCUT2D eigenvalue weighted by Gasteiger charge is -2.22. The van der Waals surface area contributed by atoms with Crippen molar-refractivity contribution in [3.8, 4) is 0 Å². The maximum atomic E-state index is 12.5. The van der Waals surface area contributed by atoms with Gasteiger partial charge in [-0.1, -0.05) is 12.1 Å². The van der Waals surface area contributed by atoms with Gasteiger partial charge in [-0.15, -0.1) is 0 Å². The summed E-state index contributed by atoms with van der Waals surface area (Å²) in [5.41, 5.74) is 0.370. The van der Waals surface area contributed by atoms with E-state index < -0.39 is 6.04 Å². The van der Waals surface area contributed by atoms with Crippen LogP contribution >= 0.6 is 12.2 Å². The predicted molar refractivity (Wildman–Crippen MR) is 76.3 cm³/mol. The summed E-state index contributed by atoms with van der Waals surface area (Å²) in [6, 6.07) is 6.40. The fourth-order valence-corrected chi connectivity index (χ4v) is 2.91. The fraction of sp³-hybridized carbons (Fsp3) is 0.286. The molecule has 1 fully saturated rings. The monoisotopic (exact) mass is 288 g/mol. The predicted octanol–water partition coefficient (Wildman–Crippen LogP) is 1.92. The van der Waals surface area contributed by atoms with E-state index in [1.165, 1.54) is 4.57 Å². The number of hydrogen-bond acceptors (Lipinski definition) is 4.